The molecule has 0 heterocycles. The summed E-state index contributed by atoms with van der Waals surface area (Å²) in [6, 6.07) is 7.60. The van der Waals surface area contributed by atoms with Gasteiger partial charge in [0.15, 0.2) is 0 Å². The first-order valence-corrected chi connectivity index (χ1v) is 15.4. The molecule has 0 aliphatic rings. The van der Waals surface area contributed by atoms with Gasteiger partial charge in [0, 0.05) is 12.4 Å². The van der Waals surface area contributed by atoms with Crippen LogP contribution in [0.25, 0.3) is 0 Å². The minimum absolute atomic E-state index is 0.575. The van der Waals surface area contributed by atoms with Gasteiger partial charge in [0.05, 0.1) is 28.4 Å². The number of hydrogen-bond acceptors (Lipinski definition) is 6. The van der Waals surface area contributed by atoms with E-state index < -0.39 is 0 Å². The zero-order valence-electron chi connectivity index (χ0n) is 17.1. The molecule has 0 bridgehead atoms. The summed E-state index contributed by atoms with van der Waals surface area (Å²) in [6.07, 6.45) is 3.16. The normalized spacial score (nSPS) is 10.8. The number of halogens is 2. The molecule has 0 unspecified atom stereocenters. The fraction of sp³-hybridized carbons (Fsp3) is 0.300. The van der Waals surface area contributed by atoms with Crippen LogP contribution < -0.4 is 18.9 Å². The predicted molar refractivity (Wildman–Crippen MR) is 123 cm³/mol. The summed E-state index contributed by atoms with van der Waals surface area (Å²) in [5.41, 5.74) is 3.27. The quantitative estimate of drug-likeness (QED) is 0.276. The van der Waals surface area contributed by atoms with E-state index in [1.165, 1.54) is 0 Å². The second-order valence-corrected chi connectivity index (χ2v) is 12.8. The van der Waals surface area contributed by atoms with Gasteiger partial charge in [0.1, 0.15) is 34.4 Å². The van der Waals surface area contributed by atoms with E-state index in [0.29, 0.717) is 48.3 Å². The predicted octanol–water partition coefficient (Wildman–Crippen LogP) is 6.13. The summed E-state index contributed by atoms with van der Waals surface area (Å²) < 4.78 is 21.6. The van der Waals surface area contributed by atoms with Crippen LogP contribution in [-0.4, -0.2) is 40.9 Å². The molecule has 0 atom stereocenters. The van der Waals surface area contributed by atoms with Crippen LogP contribution in [0.2, 0.25) is 0 Å². The Labute approximate surface area is 193 Å². The number of nitrogens with zero attached hydrogens (tertiary/aromatic N) is 2. The van der Waals surface area contributed by atoms with Crippen LogP contribution >= 0.6 is 26.9 Å². The third kappa shape index (κ3) is 7.74. The molecule has 0 radical (unpaired) electrons. The topological polar surface area (TPSA) is 61.6 Å². The van der Waals surface area contributed by atoms with E-state index in [0.717, 1.165) is 11.1 Å². The third-order valence-electron chi connectivity index (χ3n) is 3.72. The molecule has 2 aromatic carbocycles. The average Bonchev–Trinajstić information content (AvgIpc) is 2.71. The molecule has 0 amide bonds. The number of aliphatic imine (C=N–C) groups is 2. The van der Waals surface area contributed by atoms with Crippen molar-refractivity contribution >= 4 is 50.7 Å². The van der Waals surface area contributed by atoms with Gasteiger partial charge in [-0.15, -0.1) is 0 Å². The molecule has 0 aliphatic heterocycles. The van der Waals surface area contributed by atoms with Crippen molar-refractivity contribution in [3.63, 3.8) is 0 Å². The molecule has 0 N–H and O–H groups in total. The van der Waals surface area contributed by atoms with Crippen molar-refractivity contribution in [1.82, 2.24) is 0 Å². The van der Waals surface area contributed by atoms with E-state index in [1.807, 2.05) is 38.1 Å². The maximum atomic E-state index is 5.39. The fourth-order valence-corrected chi connectivity index (χ4v) is 2.52. The van der Waals surface area contributed by atoms with Crippen LogP contribution in [0, 0.1) is 13.8 Å². The van der Waals surface area contributed by atoms with Crippen molar-refractivity contribution in [1.29, 1.82) is 0 Å². The number of benzene rings is 2. The molecule has 0 saturated heterocycles. The number of aryl methyl sites for hydroxylation is 2. The van der Waals surface area contributed by atoms with E-state index in [-0.39, 0.29) is 0 Å². The molecule has 9 heteroatoms. The van der Waals surface area contributed by atoms with Crippen LogP contribution in [0.1, 0.15) is 11.1 Å². The fourth-order valence-electron chi connectivity index (χ4n) is 2.52. The molecule has 0 saturated carbocycles. The molecular weight excluding hydrogens is 598 g/mol. The summed E-state index contributed by atoms with van der Waals surface area (Å²) in [4.78, 5) is 8.85. The zero-order valence-corrected chi connectivity index (χ0v) is 21.8. The number of rotatable bonds is 7. The molecule has 0 spiro atoms. The molecule has 2 aromatic rings. The van der Waals surface area contributed by atoms with Crippen molar-refractivity contribution in [3.8, 4) is 23.0 Å². The second kappa shape index (κ2) is 13.8. The van der Waals surface area contributed by atoms with Gasteiger partial charge in [-0.1, -0.05) is 0 Å². The van der Waals surface area contributed by atoms with E-state index >= 15 is 0 Å². The number of ether oxygens (including phenoxy) is 4. The van der Waals surface area contributed by atoms with Crippen molar-refractivity contribution in [2.75, 3.05) is 28.4 Å². The molecular formula is C20H24Br2N2O4Pd. The molecule has 0 aliphatic carbocycles. The molecule has 29 heavy (non-hydrogen) atoms. The molecule has 0 fully saturated rings. The van der Waals surface area contributed by atoms with Gasteiger partial charge >= 0.3 is 40.8 Å². The molecule has 162 valence electrons. The maximum absolute atomic E-state index is 5.39. The summed E-state index contributed by atoms with van der Waals surface area (Å²) >= 11 is 6.80. The Morgan fingerprint density at radius 2 is 0.897 bits per heavy atom. The Bertz CT molecular complexity index is 741. The van der Waals surface area contributed by atoms with E-state index in [9.17, 15) is 0 Å². The summed E-state index contributed by atoms with van der Waals surface area (Å²) in [6.45, 7) is 3.94. The van der Waals surface area contributed by atoms with Gasteiger partial charge in [-0.05, 0) is 49.2 Å². The Morgan fingerprint density at radius 1 is 0.655 bits per heavy atom. The molecule has 0 aromatic heterocycles. The SMILES string of the molecule is COc1cc(C)cc(OC)c1N=CC=Nc1c(OC)cc(C)cc1OC.[Br][Pd][Br]. The van der Waals surface area contributed by atoms with Crippen LogP contribution in [0.3, 0.4) is 0 Å². The summed E-state index contributed by atoms with van der Waals surface area (Å²) in [5, 5.41) is 0. The summed E-state index contributed by atoms with van der Waals surface area (Å²) in [5.74, 6) is 2.54. The molecule has 6 nitrogen and oxygen atoms in total. The van der Waals surface area contributed by atoms with Crippen molar-refractivity contribution < 1.29 is 32.9 Å². The first kappa shape index (κ1) is 25.6. The van der Waals surface area contributed by atoms with E-state index in [1.54, 1.807) is 40.9 Å². The number of methoxy groups -OCH3 is 4. The van der Waals surface area contributed by atoms with Crippen LogP contribution in [0.15, 0.2) is 34.3 Å². The standard InChI is InChI=1S/C20H24N2O4.2BrH.Pd/c1-13-9-15(23-3)19(16(10-13)24-4)21-7-8-22-20-17(25-5)11-14(2)12-18(20)26-6;;;/h7-12H,1-6H3;2*1H;/q;;;+2/p-2. The van der Waals surface area contributed by atoms with Crippen LogP contribution in [-0.2, 0) is 13.9 Å². The molecule has 2 rings (SSSR count). The number of hydrogen-bond donors (Lipinski definition) is 0. The first-order valence-electron chi connectivity index (χ1n) is 8.29. The Balaban J connectivity index is 0.00000132. The van der Waals surface area contributed by atoms with Crippen molar-refractivity contribution in [3.05, 3.63) is 35.4 Å². The Morgan fingerprint density at radius 3 is 1.10 bits per heavy atom. The van der Waals surface area contributed by atoms with Crippen molar-refractivity contribution in [2.45, 2.75) is 13.8 Å². The van der Waals surface area contributed by atoms with Gasteiger partial charge in [0.25, 0.3) is 0 Å². The van der Waals surface area contributed by atoms with Crippen LogP contribution in [0.4, 0.5) is 11.4 Å². The Kier molecular flexibility index (Phi) is 12.2. The Hall–Kier alpha value is -1.40. The zero-order chi connectivity index (χ0) is 21.8. The van der Waals surface area contributed by atoms with Gasteiger partial charge < -0.3 is 18.9 Å². The average molecular weight is 623 g/mol. The third-order valence-corrected chi connectivity index (χ3v) is 3.72. The van der Waals surface area contributed by atoms with E-state index in [4.69, 9.17) is 18.9 Å². The van der Waals surface area contributed by atoms with Gasteiger partial charge in [-0.2, -0.15) is 0 Å². The van der Waals surface area contributed by atoms with Gasteiger partial charge in [-0.3, -0.25) is 0 Å². The van der Waals surface area contributed by atoms with Gasteiger partial charge in [0.2, 0.25) is 0 Å². The summed E-state index contributed by atoms with van der Waals surface area (Å²) in [7, 11) is 6.40. The van der Waals surface area contributed by atoms with E-state index in [2.05, 4.69) is 36.8 Å². The first-order chi connectivity index (χ1) is 13.9. The van der Waals surface area contributed by atoms with Gasteiger partial charge in [-0.25, -0.2) is 9.98 Å². The second-order valence-electron chi connectivity index (χ2n) is 5.64. The monoisotopic (exact) mass is 620 g/mol. The minimum atomic E-state index is 0.575. The van der Waals surface area contributed by atoms with Crippen LogP contribution in [0.5, 0.6) is 23.0 Å². The van der Waals surface area contributed by atoms with Crippen molar-refractivity contribution in [2.24, 2.45) is 9.98 Å².